The van der Waals surface area contributed by atoms with E-state index in [1.807, 2.05) is 124 Å². The van der Waals surface area contributed by atoms with Crippen LogP contribution in [0, 0.1) is 6.92 Å². The third-order valence-electron chi connectivity index (χ3n) is 15.5. The number of benzene rings is 6. The molecular weight excluding hydrogens is 1220 g/mol. The van der Waals surface area contributed by atoms with Crippen molar-refractivity contribution < 1.29 is 57.1 Å². The van der Waals surface area contributed by atoms with E-state index in [9.17, 15) is 24.0 Å². The Hall–Kier alpha value is -8.92. The number of carbonyl (C=O) groups excluding carboxylic acids is 5. The zero-order valence-electron chi connectivity index (χ0n) is 61.4. The van der Waals surface area contributed by atoms with Gasteiger partial charge >= 0.3 is 17.9 Å². The number of fused-ring (bicyclic) bond motifs is 10. The van der Waals surface area contributed by atoms with Crippen molar-refractivity contribution >= 4 is 62.9 Å². The molecule has 0 unspecified atom stereocenters. The summed E-state index contributed by atoms with van der Waals surface area (Å²) in [6.07, 6.45) is 3.32. The number of ether oxygens (including phenoxy) is 7. The first kappa shape index (κ1) is 75.5. The number of pyridine rings is 1. The van der Waals surface area contributed by atoms with E-state index < -0.39 is 83.3 Å². The van der Waals surface area contributed by atoms with Crippen LogP contribution in [0.3, 0.4) is 0 Å². The number of esters is 3. The molecule has 3 N–H and O–H groups in total. The van der Waals surface area contributed by atoms with Gasteiger partial charge in [0.15, 0.2) is 26.4 Å². The van der Waals surface area contributed by atoms with Crippen LogP contribution < -0.4 is 34.9 Å². The van der Waals surface area contributed by atoms with Crippen molar-refractivity contribution in [3.63, 3.8) is 0 Å². The number of hydrogen-bond donors (Lipinski definition) is 3. The monoisotopic (exact) mass is 1320 g/mol. The second-order valence-corrected chi connectivity index (χ2v) is 31.3. The first-order chi connectivity index (χ1) is 45.1. The van der Waals surface area contributed by atoms with Gasteiger partial charge in [0, 0.05) is 47.8 Å². The third kappa shape index (κ3) is 21.8. The Morgan fingerprint density at radius 3 is 1.07 bits per heavy atom. The molecule has 1 aromatic heterocycles. The fourth-order valence-electron chi connectivity index (χ4n) is 11.3. The van der Waals surface area contributed by atoms with Gasteiger partial charge in [-0.2, -0.15) is 0 Å². The fourth-order valence-corrected chi connectivity index (χ4v) is 11.3. The van der Waals surface area contributed by atoms with Gasteiger partial charge in [-0.1, -0.05) is 155 Å². The van der Waals surface area contributed by atoms with E-state index >= 15 is 0 Å². The average molecular weight is 1330 g/mol. The molecule has 0 fully saturated rings. The molecule has 520 valence electrons. The van der Waals surface area contributed by atoms with E-state index in [4.69, 9.17) is 38.1 Å². The summed E-state index contributed by atoms with van der Waals surface area (Å²) in [6, 6.07) is 30.2. The Morgan fingerprint density at radius 2 is 0.753 bits per heavy atom. The second kappa shape index (κ2) is 30.7. The molecule has 8 rings (SSSR count). The minimum atomic E-state index is -0.798. The Kier molecular flexibility index (Phi) is 23.8. The molecule has 0 saturated heterocycles. The lowest BCUT2D eigenvalue weighted by Gasteiger charge is -2.29. The van der Waals surface area contributed by atoms with Crippen molar-refractivity contribution in [3.8, 4) is 23.0 Å². The zero-order valence-corrected chi connectivity index (χ0v) is 61.4. The maximum absolute atomic E-state index is 14.6. The Morgan fingerprint density at radius 1 is 0.443 bits per heavy atom. The number of carbonyl (C=O) groups is 5. The lowest BCUT2D eigenvalue weighted by molar-refractivity contribution is -0.158. The first-order valence-corrected chi connectivity index (χ1v) is 33.6. The average Bonchev–Trinajstić information content (AvgIpc) is 0.775. The van der Waals surface area contributed by atoms with Gasteiger partial charge in [0.1, 0.15) is 39.8 Å². The van der Waals surface area contributed by atoms with E-state index in [0.29, 0.717) is 39.7 Å². The number of nitrogens with zero attached hydrogens (tertiary/aromatic N) is 1. The van der Waals surface area contributed by atoms with E-state index in [2.05, 4.69) is 135 Å². The van der Waals surface area contributed by atoms with Gasteiger partial charge in [0.25, 0.3) is 5.91 Å². The molecule has 8 bridgehead atoms. The molecule has 7 aromatic rings. The maximum Gasteiger partial charge on any atom is 0.344 e. The highest BCUT2D eigenvalue weighted by Gasteiger charge is 2.31. The molecule has 1 aliphatic carbocycles. The largest absolute Gasteiger partial charge is 0.483 e. The highest BCUT2D eigenvalue weighted by molar-refractivity contribution is 5.98. The zero-order chi connectivity index (χ0) is 71.8. The molecule has 1 aliphatic rings. The van der Waals surface area contributed by atoms with Gasteiger partial charge < -0.3 is 49.1 Å². The lowest BCUT2D eigenvalue weighted by Crippen LogP contribution is -2.28. The van der Waals surface area contributed by atoms with Crippen molar-refractivity contribution in [1.29, 1.82) is 0 Å². The minimum Gasteiger partial charge on any atom is -0.483 e. The highest BCUT2D eigenvalue weighted by Crippen LogP contribution is 2.44. The number of rotatable bonds is 17. The number of anilines is 2. The molecule has 0 saturated carbocycles. The number of aromatic nitrogens is 1. The van der Waals surface area contributed by atoms with Crippen LogP contribution in [0.2, 0.25) is 0 Å². The SMILES string of the molecule is C=CC(=O)NCNc1ccc2cc3ccc(NC(=O)COc4c5cc(C(C)(C)C)cc4Cc4cc(C(C)(C)C)cc(c4OCC(=O)OC(C)(C)C)Cc4cc(C(C)(C)C)cc(c4OCC(=O)OC(C)(C)C)Cc4cc(C)cc(c4OCC(=O)OC(C)(C)C)C5)cc3nc2c1.CCC. The molecule has 6 aromatic carbocycles. The first-order valence-electron chi connectivity index (χ1n) is 33.6. The van der Waals surface area contributed by atoms with E-state index in [-0.39, 0.29) is 38.3 Å². The van der Waals surface area contributed by atoms with E-state index in [0.717, 1.165) is 83.2 Å². The van der Waals surface area contributed by atoms with Crippen molar-refractivity contribution in [2.75, 3.05) is 43.7 Å². The lowest BCUT2D eigenvalue weighted by atomic mass is 9.80. The molecule has 0 radical (unpaired) electrons. The van der Waals surface area contributed by atoms with Crippen LogP contribution in [0.4, 0.5) is 11.4 Å². The van der Waals surface area contributed by atoms with E-state index in [1.54, 1.807) is 0 Å². The molecule has 97 heavy (non-hydrogen) atoms. The summed E-state index contributed by atoms with van der Waals surface area (Å²) in [6.45, 7) is 44.0. The summed E-state index contributed by atoms with van der Waals surface area (Å²) in [5.74, 6) is -0.543. The molecular formula is C81H104N4O12. The van der Waals surface area contributed by atoms with E-state index in [1.165, 1.54) is 12.5 Å². The van der Waals surface area contributed by atoms with Crippen LogP contribution in [0.25, 0.3) is 21.8 Å². The predicted molar refractivity (Wildman–Crippen MR) is 388 cm³/mol. The Balaban J connectivity index is 0.00000434. The summed E-state index contributed by atoms with van der Waals surface area (Å²) in [7, 11) is 0. The minimum absolute atomic E-state index is 0.201. The topological polar surface area (TPSA) is 199 Å². The fraction of sp³-hybridized carbons (Fsp3) is 0.457. The summed E-state index contributed by atoms with van der Waals surface area (Å²) < 4.78 is 45.1. The van der Waals surface area contributed by atoms with Gasteiger partial charge in [0.05, 0.1) is 17.7 Å². The van der Waals surface area contributed by atoms with Crippen molar-refractivity contribution in [2.45, 2.75) is 211 Å². The second-order valence-electron chi connectivity index (χ2n) is 31.3. The molecule has 1 heterocycles. The Bertz CT molecular complexity index is 4070. The van der Waals surface area contributed by atoms with Crippen molar-refractivity contribution in [1.82, 2.24) is 10.3 Å². The van der Waals surface area contributed by atoms with Gasteiger partial charge in [-0.05, 0) is 183 Å². The summed E-state index contributed by atoms with van der Waals surface area (Å²) >= 11 is 0. The van der Waals surface area contributed by atoms with Crippen LogP contribution in [0.1, 0.15) is 212 Å². The van der Waals surface area contributed by atoms with Gasteiger partial charge in [-0.15, -0.1) is 0 Å². The number of hydrogen-bond acceptors (Lipinski definition) is 14. The quantitative estimate of drug-likeness (QED) is 0.0256. The van der Waals surface area contributed by atoms with Gasteiger partial charge in [-0.3, -0.25) is 9.59 Å². The molecule has 16 nitrogen and oxygen atoms in total. The van der Waals surface area contributed by atoms with Crippen LogP contribution in [-0.2, 0) is 80.1 Å². The molecule has 0 atom stereocenters. The van der Waals surface area contributed by atoms with Crippen LogP contribution in [-0.4, -0.2) is 84.6 Å². The molecule has 2 amide bonds. The van der Waals surface area contributed by atoms with Gasteiger partial charge in [-0.25, -0.2) is 19.4 Å². The van der Waals surface area contributed by atoms with Gasteiger partial charge in [0.2, 0.25) is 5.91 Å². The summed E-state index contributed by atoms with van der Waals surface area (Å²) in [5, 5.41) is 10.8. The van der Waals surface area contributed by atoms with Crippen molar-refractivity contribution in [3.05, 3.63) is 170 Å². The predicted octanol–water partition coefficient (Wildman–Crippen LogP) is 16.5. The third-order valence-corrected chi connectivity index (χ3v) is 15.5. The molecule has 0 aliphatic heterocycles. The number of nitrogens with one attached hydrogen (secondary N) is 3. The molecule has 0 spiro atoms. The normalized spacial score (nSPS) is 12.7. The summed E-state index contributed by atoms with van der Waals surface area (Å²) in [4.78, 5) is 72.8. The number of amides is 2. The summed E-state index contributed by atoms with van der Waals surface area (Å²) in [5.41, 5.74) is 8.85. The molecule has 16 heteroatoms. The van der Waals surface area contributed by atoms with Crippen molar-refractivity contribution in [2.24, 2.45) is 0 Å². The number of aryl methyl sites for hydroxylation is 1. The van der Waals surface area contributed by atoms with Crippen LogP contribution in [0.15, 0.2) is 104 Å². The van der Waals surface area contributed by atoms with Crippen LogP contribution in [0.5, 0.6) is 23.0 Å². The highest BCUT2D eigenvalue weighted by atomic mass is 16.6. The maximum atomic E-state index is 14.6. The standard InChI is InChI=1S/C78H96N4O12.C3H8/c1-21-64(83)80-45-79-60-24-22-47-28-48-23-25-61(40-63(48)82-62(47)39-60)81-65(84)41-88-70-51-29-49-26-46(2)27-50(69(49)89-42-66(85)92-76(12,13)14)30-52-34-58(74(6,7)8)37-55(71(52)90-43-67(86)93-77(15,16)17)32-56-38-59(75(9,10)11)36-54(31-53(70)35-57(33-51)73(3,4)5)72(56)91-44-68(87)94-78(18,19)20;1-3-2/h21-28,33-40,79H,1,29-32,41-45H2,2-20H3,(H,80,83)(H,81,84);3H2,1-2H3. The van der Waals surface area contributed by atoms with Crippen LogP contribution >= 0.6 is 0 Å². The Labute approximate surface area is 575 Å². The smallest absolute Gasteiger partial charge is 0.344 e.